The van der Waals surface area contributed by atoms with E-state index in [0.29, 0.717) is 18.7 Å². The number of carbonyl (C=O) groups is 1. The second kappa shape index (κ2) is 6.01. The maximum atomic E-state index is 12.1. The van der Waals surface area contributed by atoms with Crippen LogP contribution in [0.2, 0.25) is 0 Å². The van der Waals surface area contributed by atoms with Crippen LogP contribution in [-0.4, -0.2) is 26.1 Å². The van der Waals surface area contributed by atoms with E-state index in [0.717, 1.165) is 16.9 Å². The molecule has 0 saturated heterocycles. The number of hydrogen-bond acceptors (Lipinski definition) is 3. The molecule has 3 N–H and O–H groups in total. The minimum atomic E-state index is -0.194. The highest BCUT2D eigenvalue weighted by atomic mass is 16.1. The summed E-state index contributed by atoms with van der Waals surface area (Å²) in [5.74, 6) is 1.35. The smallest absolute Gasteiger partial charge is 0.220 e. The summed E-state index contributed by atoms with van der Waals surface area (Å²) in [5.41, 5.74) is 2.26. The van der Waals surface area contributed by atoms with Crippen molar-refractivity contribution in [1.29, 1.82) is 0 Å². The Bertz CT molecular complexity index is 789. The molecule has 22 heavy (non-hydrogen) atoms. The number of hydrogen-bond donors (Lipinski definition) is 3. The molecule has 114 valence electrons. The number of amides is 1. The quantitative estimate of drug-likeness (QED) is 0.676. The lowest BCUT2D eigenvalue weighted by molar-refractivity contribution is -0.121. The van der Waals surface area contributed by atoms with Gasteiger partial charge in [0.15, 0.2) is 5.82 Å². The summed E-state index contributed by atoms with van der Waals surface area (Å²) in [4.78, 5) is 19.5. The zero-order valence-corrected chi connectivity index (χ0v) is 12.7. The third kappa shape index (κ3) is 3.00. The average Bonchev–Trinajstić information content (AvgIpc) is 3.11. The summed E-state index contributed by atoms with van der Waals surface area (Å²) in [7, 11) is 0. The maximum Gasteiger partial charge on any atom is 0.220 e. The Morgan fingerprint density at radius 3 is 2.95 bits per heavy atom. The van der Waals surface area contributed by atoms with E-state index < -0.39 is 0 Å². The predicted molar refractivity (Wildman–Crippen MR) is 84.3 cm³/mol. The molecule has 0 aliphatic heterocycles. The molecular formula is C16H19N5O. The largest absolute Gasteiger partial charge is 0.361 e. The van der Waals surface area contributed by atoms with Crippen LogP contribution in [0.25, 0.3) is 10.9 Å². The predicted octanol–water partition coefficient (Wildman–Crippen LogP) is 2.40. The van der Waals surface area contributed by atoms with Crippen molar-refractivity contribution in [2.24, 2.45) is 0 Å². The molecule has 2 heterocycles. The number of H-pyrrole nitrogens is 2. The summed E-state index contributed by atoms with van der Waals surface area (Å²) in [6.07, 6.45) is 3.12. The minimum Gasteiger partial charge on any atom is -0.361 e. The monoisotopic (exact) mass is 297 g/mol. The van der Waals surface area contributed by atoms with E-state index in [1.165, 1.54) is 5.39 Å². The highest BCUT2D eigenvalue weighted by molar-refractivity contribution is 5.84. The molecule has 0 bridgehead atoms. The molecule has 3 rings (SSSR count). The van der Waals surface area contributed by atoms with E-state index in [-0.39, 0.29) is 11.9 Å². The van der Waals surface area contributed by atoms with Crippen molar-refractivity contribution < 1.29 is 4.79 Å². The first-order chi connectivity index (χ1) is 10.6. The Labute approximate surface area is 128 Å². The van der Waals surface area contributed by atoms with Gasteiger partial charge in [-0.15, -0.1) is 0 Å². The van der Waals surface area contributed by atoms with Crippen LogP contribution in [-0.2, 0) is 11.2 Å². The lowest BCUT2D eigenvalue weighted by atomic mass is 10.1. The van der Waals surface area contributed by atoms with Crippen molar-refractivity contribution in [2.75, 3.05) is 0 Å². The fourth-order valence-corrected chi connectivity index (χ4v) is 2.52. The molecule has 0 fully saturated rings. The maximum absolute atomic E-state index is 12.1. The molecule has 2 aromatic heterocycles. The van der Waals surface area contributed by atoms with E-state index >= 15 is 0 Å². The van der Waals surface area contributed by atoms with Gasteiger partial charge in [0, 0.05) is 23.5 Å². The van der Waals surface area contributed by atoms with E-state index in [1.54, 1.807) is 0 Å². The van der Waals surface area contributed by atoms with E-state index in [4.69, 9.17) is 0 Å². The van der Waals surface area contributed by atoms with Gasteiger partial charge < -0.3 is 10.3 Å². The minimum absolute atomic E-state index is 0.000217. The van der Waals surface area contributed by atoms with E-state index in [2.05, 4.69) is 31.5 Å². The number of aromatic nitrogens is 4. The molecule has 1 aromatic carbocycles. The van der Waals surface area contributed by atoms with Crippen LogP contribution in [0.5, 0.6) is 0 Å². The van der Waals surface area contributed by atoms with Crippen molar-refractivity contribution in [3.8, 4) is 0 Å². The summed E-state index contributed by atoms with van der Waals surface area (Å²) >= 11 is 0. The van der Waals surface area contributed by atoms with Crippen molar-refractivity contribution in [3.05, 3.63) is 47.7 Å². The van der Waals surface area contributed by atoms with Gasteiger partial charge in [0.2, 0.25) is 5.91 Å². The average molecular weight is 297 g/mol. The Morgan fingerprint density at radius 2 is 2.18 bits per heavy atom. The van der Waals surface area contributed by atoms with Gasteiger partial charge >= 0.3 is 0 Å². The van der Waals surface area contributed by atoms with E-state index in [1.807, 2.05) is 38.2 Å². The normalized spacial score (nSPS) is 12.5. The van der Waals surface area contributed by atoms with Gasteiger partial charge in [-0.3, -0.25) is 9.89 Å². The van der Waals surface area contributed by atoms with Crippen molar-refractivity contribution >= 4 is 16.8 Å². The summed E-state index contributed by atoms with van der Waals surface area (Å²) in [6, 6.07) is 7.91. The SMILES string of the molecule is Cc1nc(C(C)NC(=O)CCc2c[nH]c3ccccc23)n[nH]1. The van der Waals surface area contributed by atoms with Gasteiger partial charge in [0.25, 0.3) is 0 Å². The van der Waals surface area contributed by atoms with Crippen LogP contribution in [0, 0.1) is 6.92 Å². The number of rotatable bonds is 5. The van der Waals surface area contributed by atoms with Crippen LogP contribution in [0.4, 0.5) is 0 Å². The Balaban J connectivity index is 1.58. The molecular weight excluding hydrogens is 278 g/mol. The zero-order valence-electron chi connectivity index (χ0n) is 12.7. The summed E-state index contributed by atoms with van der Waals surface area (Å²) in [5, 5.41) is 10.9. The Morgan fingerprint density at radius 1 is 1.36 bits per heavy atom. The van der Waals surface area contributed by atoms with Crippen LogP contribution in [0.3, 0.4) is 0 Å². The highest BCUT2D eigenvalue weighted by Crippen LogP contribution is 2.19. The molecule has 6 nitrogen and oxygen atoms in total. The van der Waals surface area contributed by atoms with Gasteiger partial charge in [0.05, 0.1) is 6.04 Å². The third-order valence-electron chi connectivity index (χ3n) is 3.68. The molecule has 3 aromatic rings. The van der Waals surface area contributed by atoms with Crippen molar-refractivity contribution in [3.63, 3.8) is 0 Å². The number of fused-ring (bicyclic) bond motifs is 1. The van der Waals surface area contributed by atoms with Gasteiger partial charge in [-0.2, -0.15) is 5.10 Å². The number of aryl methyl sites for hydroxylation is 2. The summed E-state index contributed by atoms with van der Waals surface area (Å²) in [6.45, 7) is 3.72. The molecule has 0 radical (unpaired) electrons. The number of aromatic amines is 2. The second-order valence-corrected chi connectivity index (χ2v) is 5.43. The van der Waals surface area contributed by atoms with Gasteiger partial charge in [-0.05, 0) is 31.9 Å². The molecule has 1 atom stereocenters. The lowest BCUT2D eigenvalue weighted by Gasteiger charge is -2.10. The molecule has 0 aliphatic rings. The van der Waals surface area contributed by atoms with Gasteiger partial charge in [0.1, 0.15) is 5.82 Å². The summed E-state index contributed by atoms with van der Waals surface area (Å²) < 4.78 is 0. The van der Waals surface area contributed by atoms with Gasteiger partial charge in [-0.25, -0.2) is 4.98 Å². The van der Waals surface area contributed by atoms with Crippen LogP contribution >= 0.6 is 0 Å². The lowest BCUT2D eigenvalue weighted by Crippen LogP contribution is -2.27. The highest BCUT2D eigenvalue weighted by Gasteiger charge is 2.14. The fourth-order valence-electron chi connectivity index (χ4n) is 2.52. The fraction of sp³-hybridized carbons (Fsp3) is 0.312. The Hall–Kier alpha value is -2.63. The van der Waals surface area contributed by atoms with Gasteiger partial charge in [-0.1, -0.05) is 18.2 Å². The molecule has 0 saturated carbocycles. The molecule has 1 amide bonds. The molecule has 6 heteroatoms. The Kier molecular flexibility index (Phi) is 3.91. The van der Waals surface area contributed by atoms with Crippen molar-refractivity contribution in [1.82, 2.24) is 25.5 Å². The first kappa shape index (κ1) is 14.3. The van der Waals surface area contributed by atoms with Crippen molar-refractivity contribution in [2.45, 2.75) is 32.7 Å². The van der Waals surface area contributed by atoms with E-state index in [9.17, 15) is 4.79 Å². The van der Waals surface area contributed by atoms with Crippen LogP contribution in [0.15, 0.2) is 30.5 Å². The molecule has 0 spiro atoms. The third-order valence-corrected chi connectivity index (χ3v) is 3.68. The number of nitrogens with zero attached hydrogens (tertiary/aromatic N) is 2. The second-order valence-electron chi connectivity index (χ2n) is 5.43. The first-order valence-electron chi connectivity index (χ1n) is 7.37. The topological polar surface area (TPSA) is 86.5 Å². The standard InChI is InChI=1S/C16H19N5O/c1-10(16-19-11(2)20-21-16)18-15(22)8-7-12-9-17-14-6-4-3-5-13(12)14/h3-6,9-10,17H,7-8H2,1-2H3,(H,18,22)(H,19,20,21). The first-order valence-corrected chi connectivity index (χ1v) is 7.37. The van der Waals surface area contributed by atoms with Crippen LogP contribution < -0.4 is 5.32 Å². The molecule has 0 aliphatic carbocycles. The number of para-hydroxylation sites is 1. The number of carbonyl (C=O) groups excluding carboxylic acids is 1. The zero-order chi connectivity index (χ0) is 15.5. The van der Waals surface area contributed by atoms with Crippen LogP contribution in [0.1, 0.15) is 36.6 Å². The number of benzene rings is 1. The molecule has 1 unspecified atom stereocenters. The number of nitrogens with one attached hydrogen (secondary N) is 3.